The van der Waals surface area contributed by atoms with E-state index in [1.54, 1.807) is 12.1 Å². The van der Waals surface area contributed by atoms with Crippen molar-refractivity contribution in [2.75, 3.05) is 36.4 Å². The number of hydrogen-bond acceptors (Lipinski definition) is 5. The molecule has 7 nitrogen and oxygen atoms in total. The van der Waals surface area contributed by atoms with Gasteiger partial charge in [0.15, 0.2) is 0 Å². The summed E-state index contributed by atoms with van der Waals surface area (Å²) in [6.45, 7) is 8.33. The highest BCUT2D eigenvalue weighted by Gasteiger charge is 2.28. The molecule has 1 aliphatic rings. The average molecular weight is 417 g/mol. The number of nitro benzene ring substituents is 1. The van der Waals surface area contributed by atoms with Crippen molar-refractivity contribution in [2.45, 2.75) is 26.8 Å². The number of piperazine rings is 1. The number of hydrogen-bond donors (Lipinski definition) is 1. The van der Waals surface area contributed by atoms with Crippen LogP contribution >= 0.6 is 11.6 Å². The molecule has 0 spiro atoms. The zero-order valence-electron chi connectivity index (χ0n) is 16.8. The lowest BCUT2D eigenvalue weighted by Crippen LogP contribution is -2.53. The van der Waals surface area contributed by atoms with Gasteiger partial charge in [-0.2, -0.15) is 0 Å². The van der Waals surface area contributed by atoms with Gasteiger partial charge in [-0.25, -0.2) is 0 Å². The first-order valence-electron chi connectivity index (χ1n) is 9.57. The van der Waals surface area contributed by atoms with E-state index in [1.807, 2.05) is 43.9 Å². The van der Waals surface area contributed by atoms with E-state index in [-0.39, 0.29) is 17.6 Å². The number of nitrogens with one attached hydrogen (secondary N) is 1. The summed E-state index contributed by atoms with van der Waals surface area (Å²) in [7, 11) is 0. The maximum absolute atomic E-state index is 12.7. The third kappa shape index (κ3) is 4.86. The molecular weight excluding hydrogens is 392 g/mol. The molecule has 0 aromatic heterocycles. The molecule has 2 aromatic rings. The van der Waals surface area contributed by atoms with E-state index in [9.17, 15) is 14.9 Å². The number of nitrogens with zero attached hydrogens (tertiary/aromatic N) is 3. The standard InChI is InChI=1S/C21H25ClN4O3/c1-14-4-5-15(2)18(12-14)23-21(27)16(3)24-8-10-25(11-9-24)19-7-6-17(22)13-20(19)26(28)29/h4-7,12-13,16H,8-11H2,1-3H3,(H,23,27)/t16-/m0/s1. The maximum Gasteiger partial charge on any atom is 0.294 e. The lowest BCUT2D eigenvalue weighted by atomic mass is 10.1. The number of halogens is 1. The van der Waals surface area contributed by atoms with Crippen LogP contribution in [-0.4, -0.2) is 48.0 Å². The molecule has 0 bridgehead atoms. The van der Waals surface area contributed by atoms with Gasteiger partial charge in [0, 0.05) is 43.0 Å². The predicted molar refractivity (Wildman–Crippen MR) is 116 cm³/mol. The van der Waals surface area contributed by atoms with E-state index in [0.717, 1.165) is 16.8 Å². The smallest absolute Gasteiger partial charge is 0.294 e. The van der Waals surface area contributed by atoms with Gasteiger partial charge in [-0.05, 0) is 50.1 Å². The van der Waals surface area contributed by atoms with Gasteiger partial charge in [0.25, 0.3) is 5.69 Å². The fourth-order valence-electron chi connectivity index (χ4n) is 3.53. The molecular formula is C21H25ClN4O3. The van der Waals surface area contributed by atoms with Gasteiger partial charge in [0.05, 0.1) is 11.0 Å². The summed E-state index contributed by atoms with van der Waals surface area (Å²) in [5.74, 6) is -0.0513. The van der Waals surface area contributed by atoms with Crippen molar-refractivity contribution in [3.8, 4) is 0 Å². The SMILES string of the molecule is Cc1ccc(C)c(NC(=O)[C@H](C)N2CCN(c3ccc(Cl)cc3[N+](=O)[O-])CC2)c1. The zero-order valence-corrected chi connectivity index (χ0v) is 17.6. The van der Waals surface area contributed by atoms with Crippen LogP contribution in [0.4, 0.5) is 17.1 Å². The number of nitro groups is 1. The van der Waals surface area contributed by atoms with Crippen molar-refractivity contribution in [2.24, 2.45) is 0 Å². The number of rotatable bonds is 5. The molecule has 1 heterocycles. The van der Waals surface area contributed by atoms with Crippen molar-refractivity contribution in [1.29, 1.82) is 0 Å². The van der Waals surface area contributed by atoms with Gasteiger partial charge in [-0.1, -0.05) is 23.7 Å². The van der Waals surface area contributed by atoms with Crippen LogP contribution < -0.4 is 10.2 Å². The van der Waals surface area contributed by atoms with Gasteiger partial charge >= 0.3 is 0 Å². The molecule has 29 heavy (non-hydrogen) atoms. The number of benzene rings is 2. The lowest BCUT2D eigenvalue weighted by molar-refractivity contribution is -0.384. The maximum atomic E-state index is 12.7. The minimum atomic E-state index is -0.409. The van der Waals surface area contributed by atoms with Crippen LogP contribution in [0.3, 0.4) is 0 Å². The molecule has 0 unspecified atom stereocenters. The van der Waals surface area contributed by atoms with Crippen LogP contribution in [0.15, 0.2) is 36.4 Å². The van der Waals surface area contributed by atoms with Gasteiger partial charge in [0.1, 0.15) is 5.69 Å². The Kier molecular flexibility index (Phi) is 6.39. The number of carbonyl (C=O) groups excluding carboxylic acids is 1. The van der Waals surface area contributed by atoms with Crippen molar-refractivity contribution < 1.29 is 9.72 Å². The molecule has 1 aliphatic heterocycles. The topological polar surface area (TPSA) is 78.7 Å². The second-order valence-corrected chi connectivity index (χ2v) is 7.83. The van der Waals surface area contributed by atoms with Gasteiger partial charge < -0.3 is 10.2 Å². The first-order chi connectivity index (χ1) is 13.8. The quantitative estimate of drug-likeness (QED) is 0.588. The third-order valence-corrected chi connectivity index (χ3v) is 5.60. The molecule has 1 N–H and O–H groups in total. The first-order valence-corrected chi connectivity index (χ1v) is 9.95. The summed E-state index contributed by atoms with van der Waals surface area (Å²) < 4.78 is 0. The molecule has 0 radical (unpaired) electrons. The molecule has 1 fully saturated rings. The highest BCUT2D eigenvalue weighted by atomic mass is 35.5. The number of amides is 1. The number of carbonyl (C=O) groups is 1. The first kappa shape index (κ1) is 21.1. The summed E-state index contributed by atoms with van der Waals surface area (Å²) in [6, 6.07) is 10.4. The minimum absolute atomic E-state index is 0.00617. The molecule has 8 heteroatoms. The highest BCUT2D eigenvalue weighted by molar-refractivity contribution is 6.30. The van der Waals surface area contributed by atoms with E-state index in [2.05, 4.69) is 10.2 Å². The van der Waals surface area contributed by atoms with E-state index < -0.39 is 4.92 Å². The Morgan fingerprint density at radius 3 is 2.48 bits per heavy atom. The Labute approximate surface area is 175 Å². The Bertz CT molecular complexity index is 926. The van der Waals surface area contributed by atoms with Crippen molar-refractivity contribution in [3.05, 3.63) is 62.7 Å². The van der Waals surface area contributed by atoms with E-state index in [4.69, 9.17) is 11.6 Å². The predicted octanol–water partition coefficient (Wildman–Crippen LogP) is 4.01. The molecule has 154 valence electrons. The number of anilines is 2. The summed E-state index contributed by atoms with van der Waals surface area (Å²) in [5.41, 5.74) is 3.52. The second-order valence-electron chi connectivity index (χ2n) is 7.40. The van der Waals surface area contributed by atoms with Crippen LogP contribution in [0, 0.1) is 24.0 Å². The van der Waals surface area contributed by atoms with E-state index >= 15 is 0 Å². The fraction of sp³-hybridized carbons (Fsp3) is 0.381. The van der Waals surface area contributed by atoms with E-state index in [1.165, 1.54) is 6.07 Å². The molecule has 1 saturated heterocycles. The zero-order chi connectivity index (χ0) is 21.1. The summed E-state index contributed by atoms with van der Waals surface area (Å²) >= 11 is 5.91. The highest BCUT2D eigenvalue weighted by Crippen LogP contribution is 2.31. The molecule has 2 aromatic carbocycles. The van der Waals surface area contributed by atoms with E-state index in [0.29, 0.717) is 36.9 Å². The van der Waals surface area contributed by atoms with Crippen LogP contribution in [0.5, 0.6) is 0 Å². The van der Waals surface area contributed by atoms with Crippen LogP contribution in [-0.2, 0) is 4.79 Å². The van der Waals surface area contributed by atoms with Crippen LogP contribution in [0.1, 0.15) is 18.1 Å². The fourth-order valence-corrected chi connectivity index (χ4v) is 3.70. The van der Waals surface area contributed by atoms with Crippen LogP contribution in [0.25, 0.3) is 0 Å². The largest absolute Gasteiger partial charge is 0.363 e. The lowest BCUT2D eigenvalue weighted by Gasteiger charge is -2.38. The third-order valence-electron chi connectivity index (χ3n) is 5.37. The van der Waals surface area contributed by atoms with Crippen molar-refractivity contribution in [1.82, 2.24) is 4.90 Å². The molecule has 3 rings (SSSR count). The molecule has 0 saturated carbocycles. The average Bonchev–Trinajstić information content (AvgIpc) is 2.70. The summed E-state index contributed by atoms with van der Waals surface area (Å²) in [6.07, 6.45) is 0. The van der Waals surface area contributed by atoms with Crippen molar-refractivity contribution in [3.63, 3.8) is 0 Å². The monoisotopic (exact) mass is 416 g/mol. The Morgan fingerprint density at radius 1 is 1.14 bits per heavy atom. The summed E-state index contributed by atoms with van der Waals surface area (Å²) in [4.78, 5) is 27.8. The minimum Gasteiger partial charge on any atom is -0.363 e. The Hall–Kier alpha value is -2.64. The van der Waals surface area contributed by atoms with Crippen LogP contribution in [0.2, 0.25) is 5.02 Å². The normalized spacial score (nSPS) is 15.8. The molecule has 0 aliphatic carbocycles. The van der Waals surface area contributed by atoms with Gasteiger partial charge in [-0.3, -0.25) is 19.8 Å². The Morgan fingerprint density at radius 2 is 1.83 bits per heavy atom. The summed E-state index contributed by atoms with van der Waals surface area (Å²) in [5, 5.41) is 14.7. The Balaban J connectivity index is 1.64. The van der Waals surface area contributed by atoms with Gasteiger partial charge in [0.2, 0.25) is 5.91 Å². The van der Waals surface area contributed by atoms with Gasteiger partial charge in [-0.15, -0.1) is 0 Å². The molecule has 1 atom stereocenters. The number of aryl methyl sites for hydroxylation is 2. The second kappa shape index (κ2) is 8.80. The van der Waals surface area contributed by atoms with Crippen molar-refractivity contribution >= 4 is 34.6 Å². The molecule has 1 amide bonds.